The molecule has 108 valence electrons. The standard InChI is InChI=1S/C15H12O5S/c16-11-6-5-10-7-12(21(18,19)15(10)8-11)9-20-14-4-2-1-3-13(14)17/h1-8,16-17H,9H2. The summed E-state index contributed by atoms with van der Waals surface area (Å²) in [6.45, 7) is -0.185. The molecule has 0 amide bonds. The Hall–Kier alpha value is -2.47. The number of ether oxygens (including phenoxy) is 1. The molecule has 0 aromatic heterocycles. The lowest BCUT2D eigenvalue weighted by Crippen LogP contribution is -2.09. The fourth-order valence-corrected chi connectivity index (χ4v) is 3.61. The Morgan fingerprint density at radius 2 is 1.81 bits per heavy atom. The molecule has 0 atom stereocenters. The number of phenolic OH excluding ortho intramolecular Hbond substituents is 2. The first kappa shape index (κ1) is 13.5. The molecule has 2 aromatic carbocycles. The zero-order valence-corrected chi connectivity index (χ0v) is 11.7. The van der Waals surface area contributed by atoms with Crippen molar-refractivity contribution in [3.05, 3.63) is 52.9 Å². The number of fused-ring (bicyclic) bond motifs is 1. The lowest BCUT2D eigenvalue weighted by Gasteiger charge is -2.08. The van der Waals surface area contributed by atoms with Gasteiger partial charge in [-0.2, -0.15) is 0 Å². The summed E-state index contributed by atoms with van der Waals surface area (Å²) in [5.74, 6) is 0.0599. The van der Waals surface area contributed by atoms with Gasteiger partial charge < -0.3 is 14.9 Å². The van der Waals surface area contributed by atoms with Crippen molar-refractivity contribution >= 4 is 15.9 Å². The van der Waals surface area contributed by atoms with Gasteiger partial charge in [0.05, 0.1) is 9.80 Å². The van der Waals surface area contributed by atoms with Crippen LogP contribution in [0.1, 0.15) is 5.56 Å². The highest BCUT2D eigenvalue weighted by molar-refractivity contribution is 7.95. The highest BCUT2D eigenvalue weighted by atomic mass is 32.2. The van der Waals surface area contributed by atoms with E-state index in [-0.39, 0.29) is 33.7 Å². The van der Waals surface area contributed by atoms with Crippen LogP contribution in [0.4, 0.5) is 0 Å². The van der Waals surface area contributed by atoms with Gasteiger partial charge in [0.1, 0.15) is 12.4 Å². The van der Waals surface area contributed by atoms with E-state index in [2.05, 4.69) is 0 Å². The predicted molar refractivity (Wildman–Crippen MR) is 76.9 cm³/mol. The summed E-state index contributed by atoms with van der Waals surface area (Å²) in [5, 5.41) is 19.0. The van der Waals surface area contributed by atoms with Crippen LogP contribution in [0.3, 0.4) is 0 Å². The van der Waals surface area contributed by atoms with Gasteiger partial charge in [0.2, 0.25) is 9.84 Å². The molecule has 0 saturated heterocycles. The third kappa shape index (κ3) is 2.34. The molecule has 0 unspecified atom stereocenters. The maximum atomic E-state index is 12.3. The molecule has 6 heteroatoms. The van der Waals surface area contributed by atoms with Crippen LogP contribution in [-0.2, 0) is 9.84 Å². The molecule has 2 N–H and O–H groups in total. The molecule has 1 aliphatic rings. The van der Waals surface area contributed by atoms with Gasteiger partial charge in [0.25, 0.3) is 0 Å². The number of hydrogen-bond donors (Lipinski definition) is 2. The van der Waals surface area contributed by atoms with Crippen molar-refractivity contribution in [2.45, 2.75) is 4.90 Å². The fraction of sp³-hybridized carbons (Fsp3) is 0.0667. The van der Waals surface area contributed by atoms with Gasteiger partial charge in [-0.1, -0.05) is 12.1 Å². The lowest BCUT2D eigenvalue weighted by molar-refractivity contribution is 0.333. The minimum Gasteiger partial charge on any atom is -0.508 e. The van der Waals surface area contributed by atoms with Crippen molar-refractivity contribution < 1.29 is 23.4 Å². The van der Waals surface area contributed by atoms with Crippen LogP contribution in [0.5, 0.6) is 17.2 Å². The van der Waals surface area contributed by atoms with Crippen LogP contribution >= 0.6 is 0 Å². The average Bonchev–Trinajstić information content (AvgIpc) is 2.69. The molecule has 0 saturated carbocycles. The maximum Gasteiger partial charge on any atom is 0.206 e. The third-order valence-electron chi connectivity index (χ3n) is 3.18. The second-order valence-corrected chi connectivity index (χ2v) is 6.56. The minimum absolute atomic E-state index is 0.0522. The van der Waals surface area contributed by atoms with E-state index in [1.807, 2.05) is 0 Å². The van der Waals surface area contributed by atoms with Crippen LogP contribution in [-0.4, -0.2) is 25.2 Å². The first-order valence-corrected chi connectivity index (χ1v) is 7.66. The van der Waals surface area contributed by atoms with Crippen molar-refractivity contribution in [1.29, 1.82) is 0 Å². The Morgan fingerprint density at radius 1 is 1.05 bits per heavy atom. The molecule has 0 radical (unpaired) electrons. The van der Waals surface area contributed by atoms with Crippen molar-refractivity contribution in [2.24, 2.45) is 0 Å². The number of hydrogen-bond acceptors (Lipinski definition) is 5. The number of aromatic hydroxyl groups is 2. The zero-order valence-electron chi connectivity index (χ0n) is 10.9. The quantitative estimate of drug-likeness (QED) is 0.909. The summed E-state index contributed by atoms with van der Waals surface area (Å²) in [4.78, 5) is 0.157. The molecule has 21 heavy (non-hydrogen) atoms. The molecule has 0 aliphatic carbocycles. The molecule has 0 bridgehead atoms. The van der Waals surface area contributed by atoms with Crippen LogP contribution in [0.2, 0.25) is 0 Å². The predicted octanol–water partition coefficient (Wildman–Crippen LogP) is 2.31. The second-order valence-electron chi connectivity index (χ2n) is 4.59. The molecule has 5 nitrogen and oxygen atoms in total. The molecule has 1 heterocycles. The Labute approximate surface area is 121 Å². The van der Waals surface area contributed by atoms with E-state index < -0.39 is 9.84 Å². The molecule has 3 rings (SSSR count). The Kier molecular flexibility index (Phi) is 3.10. The van der Waals surface area contributed by atoms with E-state index in [0.29, 0.717) is 5.56 Å². The lowest BCUT2D eigenvalue weighted by atomic mass is 10.2. The monoisotopic (exact) mass is 304 g/mol. The topological polar surface area (TPSA) is 83.8 Å². The van der Waals surface area contributed by atoms with Gasteiger partial charge in [0.15, 0.2) is 11.5 Å². The number of benzene rings is 2. The normalized spacial score (nSPS) is 15.3. The van der Waals surface area contributed by atoms with E-state index in [1.165, 1.54) is 30.3 Å². The summed E-state index contributed by atoms with van der Waals surface area (Å²) in [7, 11) is -3.66. The molecular weight excluding hydrogens is 292 g/mol. The first-order chi connectivity index (χ1) is 9.98. The van der Waals surface area contributed by atoms with Crippen molar-refractivity contribution in [1.82, 2.24) is 0 Å². The van der Waals surface area contributed by atoms with Crippen LogP contribution in [0.25, 0.3) is 6.08 Å². The van der Waals surface area contributed by atoms with Crippen LogP contribution < -0.4 is 4.74 Å². The van der Waals surface area contributed by atoms with Gasteiger partial charge in [0, 0.05) is 0 Å². The molecule has 0 fully saturated rings. The summed E-state index contributed by atoms with van der Waals surface area (Å²) in [5.41, 5.74) is 0.517. The van der Waals surface area contributed by atoms with E-state index in [0.717, 1.165) is 0 Å². The van der Waals surface area contributed by atoms with Gasteiger partial charge in [-0.15, -0.1) is 0 Å². The van der Waals surface area contributed by atoms with E-state index >= 15 is 0 Å². The third-order valence-corrected chi connectivity index (χ3v) is 5.04. The van der Waals surface area contributed by atoms with Crippen LogP contribution in [0.15, 0.2) is 52.3 Å². The second kappa shape index (κ2) is 4.82. The Bertz CT molecular complexity index is 837. The van der Waals surface area contributed by atoms with Crippen molar-refractivity contribution in [3.8, 4) is 17.2 Å². The van der Waals surface area contributed by atoms with E-state index in [4.69, 9.17) is 4.74 Å². The highest BCUT2D eigenvalue weighted by Crippen LogP contribution is 2.35. The summed E-state index contributed by atoms with van der Waals surface area (Å²) < 4.78 is 30.0. The summed E-state index contributed by atoms with van der Waals surface area (Å²) >= 11 is 0. The fourth-order valence-electron chi connectivity index (χ4n) is 2.11. The smallest absolute Gasteiger partial charge is 0.206 e. The molecule has 0 spiro atoms. The van der Waals surface area contributed by atoms with Gasteiger partial charge in [-0.3, -0.25) is 0 Å². The number of para-hydroxylation sites is 2. The molecule has 1 aliphatic heterocycles. The van der Waals surface area contributed by atoms with Gasteiger partial charge >= 0.3 is 0 Å². The number of phenols is 2. The average molecular weight is 304 g/mol. The number of rotatable bonds is 3. The largest absolute Gasteiger partial charge is 0.508 e. The first-order valence-electron chi connectivity index (χ1n) is 6.18. The van der Waals surface area contributed by atoms with Crippen LogP contribution in [0, 0.1) is 0 Å². The van der Waals surface area contributed by atoms with Gasteiger partial charge in [-0.05, 0) is 42.0 Å². The Morgan fingerprint density at radius 3 is 2.57 bits per heavy atom. The Balaban J connectivity index is 1.87. The van der Waals surface area contributed by atoms with Gasteiger partial charge in [-0.25, -0.2) is 8.42 Å². The summed E-state index contributed by atoms with van der Waals surface area (Å²) in [6, 6.07) is 10.5. The maximum absolute atomic E-state index is 12.3. The highest BCUT2D eigenvalue weighted by Gasteiger charge is 2.30. The molecular formula is C15H12O5S. The summed E-state index contributed by atoms with van der Waals surface area (Å²) in [6.07, 6.45) is 1.50. The number of sulfone groups is 1. The van der Waals surface area contributed by atoms with E-state index in [9.17, 15) is 18.6 Å². The van der Waals surface area contributed by atoms with Crippen molar-refractivity contribution in [2.75, 3.05) is 6.61 Å². The minimum atomic E-state index is -3.66. The zero-order chi connectivity index (χ0) is 15.0. The van der Waals surface area contributed by atoms with Crippen molar-refractivity contribution in [3.63, 3.8) is 0 Å². The van der Waals surface area contributed by atoms with E-state index in [1.54, 1.807) is 18.2 Å². The SMILES string of the molecule is O=S1(=O)C(COc2ccccc2O)=Cc2ccc(O)cc21. The molecule has 2 aromatic rings.